The van der Waals surface area contributed by atoms with Gasteiger partial charge in [-0.05, 0) is 24.6 Å². The molecule has 1 atom stereocenters. The third-order valence-electron chi connectivity index (χ3n) is 4.74. The Labute approximate surface area is 236 Å². The van der Waals surface area contributed by atoms with Gasteiger partial charge in [0.25, 0.3) is 11.4 Å². The maximum Gasteiger partial charge on any atom is 0.342 e. The average molecular weight is 591 g/mol. The van der Waals surface area contributed by atoms with Crippen LogP contribution in [0.25, 0.3) is 0 Å². The molecule has 18 nitrogen and oxygen atoms in total. The van der Waals surface area contributed by atoms with Gasteiger partial charge in [-0.15, -0.1) is 0 Å². The lowest BCUT2D eigenvalue weighted by Gasteiger charge is -2.07. The maximum atomic E-state index is 10.9. The summed E-state index contributed by atoms with van der Waals surface area (Å²) in [4.78, 5) is 58.2. The predicted molar refractivity (Wildman–Crippen MR) is 141 cm³/mol. The Morgan fingerprint density at radius 3 is 1.90 bits per heavy atom. The molecule has 0 amide bonds. The SMILES string of the molecule is CCC(N)C(=O)O.COc1cc(OC)nc(Oc2cccc(C(=O)O)c2)n1.O=C(O)c1cc([N+](=O)[O-])ccc1[N+](=O)[O-]. The number of aromatic nitrogens is 2. The van der Waals surface area contributed by atoms with Crippen molar-refractivity contribution in [2.75, 3.05) is 14.2 Å². The molecule has 1 aromatic heterocycles. The molecular formula is C24H25N5O13. The van der Waals surface area contributed by atoms with E-state index in [1.807, 2.05) is 0 Å². The second kappa shape index (κ2) is 16.3. The van der Waals surface area contributed by atoms with Crippen LogP contribution in [0, 0.1) is 20.2 Å². The van der Waals surface area contributed by atoms with E-state index in [2.05, 4.69) is 9.97 Å². The Morgan fingerprint density at radius 1 is 0.905 bits per heavy atom. The number of ether oxygens (including phenoxy) is 3. The molecule has 0 aliphatic carbocycles. The summed E-state index contributed by atoms with van der Waals surface area (Å²) in [5.74, 6) is -2.69. The number of benzene rings is 2. The lowest BCUT2D eigenvalue weighted by atomic mass is 10.1. The van der Waals surface area contributed by atoms with Crippen LogP contribution >= 0.6 is 0 Å². The van der Waals surface area contributed by atoms with Crippen molar-refractivity contribution in [2.24, 2.45) is 5.73 Å². The third-order valence-corrected chi connectivity index (χ3v) is 4.74. The molecule has 0 radical (unpaired) electrons. The fraction of sp³-hybridized carbons (Fsp3) is 0.208. The van der Waals surface area contributed by atoms with Crippen LogP contribution in [0.5, 0.6) is 23.5 Å². The van der Waals surface area contributed by atoms with E-state index in [1.165, 1.54) is 32.4 Å². The molecule has 3 aromatic rings. The molecule has 0 spiro atoms. The van der Waals surface area contributed by atoms with E-state index < -0.39 is 50.7 Å². The smallest absolute Gasteiger partial charge is 0.342 e. The molecule has 1 unspecified atom stereocenters. The van der Waals surface area contributed by atoms with Gasteiger partial charge in [-0.3, -0.25) is 25.0 Å². The molecule has 1 heterocycles. The van der Waals surface area contributed by atoms with Crippen molar-refractivity contribution in [1.82, 2.24) is 9.97 Å². The molecule has 18 heteroatoms. The summed E-state index contributed by atoms with van der Waals surface area (Å²) in [5, 5.41) is 46.2. The molecule has 42 heavy (non-hydrogen) atoms. The highest BCUT2D eigenvalue weighted by Gasteiger charge is 2.23. The van der Waals surface area contributed by atoms with Gasteiger partial charge in [0.15, 0.2) is 0 Å². The Kier molecular flexibility index (Phi) is 13.2. The quantitative estimate of drug-likeness (QED) is 0.195. The van der Waals surface area contributed by atoms with Crippen LogP contribution in [0.15, 0.2) is 48.5 Å². The normalized spacial score (nSPS) is 10.4. The highest BCUT2D eigenvalue weighted by Crippen LogP contribution is 2.25. The van der Waals surface area contributed by atoms with Crippen molar-refractivity contribution in [1.29, 1.82) is 0 Å². The van der Waals surface area contributed by atoms with Crippen LogP contribution in [0.3, 0.4) is 0 Å². The topological polar surface area (TPSA) is 278 Å². The van der Waals surface area contributed by atoms with Crippen molar-refractivity contribution in [3.8, 4) is 23.5 Å². The first kappa shape index (κ1) is 34.1. The number of rotatable bonds is 10. The van der Waals surface area contributed by atoms with Crippen molar-refractivity contribution < 1.29 is 53.8 Å². The summed E-state index contributed by atoms with van der Waals surface area (Å²) in [5.41, 5.74) is 3.25. The molecule has 0 bridgehead atoms. The van der Waals surface area contributed by atoms with Crippen LogP contribution in [0.2, 0.25) is 0 Å². The number of nitrogens with zero attached hydrogens (tertiary/aromatic N) is 4. The molecule has 224 valence electrons. The first-order valence-electron chi connectivity index (χ1n) is 11.4. The predicted octanol–water partition coefficient (Wildman–Crippen LogP) is 2.99. The summed E-state index contributed by atoms with van der Waals surface area (Å²) < 4.78 is 15.4. The van der Waals surface area contributed by atoms with Gasteiger partial charge >= 0.3 is 23.9 Å². The minimum Gasteiger partial charge on any atom is -0.481 e. The number of methoxy groups -OCH3 is 2. The van der Waals surface area contributed by atoms with Gasteiger partial charge in [-0.1, -0.05) is 13.0 Å². The van der Waals surface area contributed by atoms with Crippen molar-refractivity contribution in [3.63, 3.8) is 0 Å². The van der Waals surface area contributed by atoms with Gasteiger partial charge in [-0.25, -0.2) is 9.59 Å². The van der Waals surface area contributed by atoms with Crippen LogP contribution < -0.4 is 19.9 Å². The number of nitro benzene ring substituents is 2. The number of carboxylic acids is 3. The monoisotopic (exact) mass is 591 g/mol. The molecule has 2 aromatic carbocycles. The Balaban J connectivity index is 0.000000353. The van der Waals surface area contributed by atoms with E-state index in [9.17, 15) is 34.6 Å². The van der Waals surface area contributed by atoms with E-state index in [-0.39, 0.29) is 23.3 Å². The number of carboxylic acid groups (broad SMARTS) is 3. The Morgan fingerprint density at radius 2 is 1.50 bits per heavy atom. The largest absolute Gasteiger partial charge is 0.481 e. The lowest BCUT2D eigenvalue weighted by molar-refractivity contribution is -0.389. The second-order valence-electron chi connectivity index (χ2n) is 7.54. The fourth-order valence-electron chi connectivity index (χ4n) is 2.58. The number of nitro groups is 2. The minimum atomic E-state index is -1.58. The molecule has 0 fully saturated rings. The lowest BCUT2D eigenvalue weighted by Crippen LogP contribution is -2.28. The zero-order valence-corrected chi connectivity index (χ0v) is 22.2. The molecular weight excluding hydrogens is 566 g/mol. The standard InChI is InChI=1S/C13H12N2O5.C7H4N2O6.C4H9NO2/c1-18-10-7-11(19-2)15-13(14-10)20-9-5-3-4-8(6-9)12(16)17;10-7(11)5-3-4(8(12)13)1-2-6(5)9(14)15;1-2-3(5)4(6)7/h3-7H,1-2H3,(H,16,17);1-3H,(H,10,11);3H,2,5H2,1H3,(H,6,7). The summed E-state index contributed by atoms with van der Waals surface area (Å²) in [7, 11) is 2.91. The number of carbonyl (C=O) groups is 3. The van der Waals surface area contributed by atoms with Crippen molar-refractivity contribution in [2.45, 2.75) is 19.4 Å². The van der Waals surface area contributed by atoms with E-state index in [0.29, 0.717) is 18.2 Å². The van der Waals surface area contributed by atoms with Crippen molar-refractivity contribution in [3.05, 3.63) is 79.9 Å². The fourth-order valence-corrected chi connectivity index (χ4v) is 2.58. The molecule has 3 rings (SSSR count). The first-order valence-corrected chi connectivity index (χ1v) is 11.4. The van der Waals surface area contributed by atoms with Gasteiger partial charge < -0.3 is 35.3 Å². The highest BCUT2D eigenvalue weighted by molar-refractivity contribution is 5.93. The number of hydrogen-bond donors (Lipinski definition) is 4. The van der Waals surface area contributed by atoms with Gasteiger partial charge in [0.1, 0.15) is 17.4 Å². The van der Waals surface area contributed by atoms with Crippen LogP contribution in [0.4, 0.5) is 11.4 Å². The zero-order valence-electron chi connectivity index (χ0n) is 22.2. The van der Waals surface area contributed by atoms with E-state index >= 15 is 0 Å². The Hall–Kier alpha value is -5.91. The van der Waals surface area contributed by atoms with Crippen LogP contribution in [-0.4, -0.2) is 73.3 Å². The minimum absolute atomic E-state index is 0.00346. The molecule has 5 N–H and O–H groups in total. The number of aliphatic carboxylic acids is 1. The average Bonchev–Trinajstić information content (AvgIpc) is 2.96. The maximum absolute atomic E-state index is 10.9. The second-order valence-corrected chi connectivity index (χ2v) is 7.54. The number of aromatic carboxylic acids is 2. The highest BCUT2D eigenvalue weighted by atomic mass is 16.6. The summed E-state index contributed by atoms with van der Waals surface area (Å²) in [6.45, 7) is 1.73. The van der Waals surface area contributed by atoms with Gasteiger partial charge in [0, 0.05) is 18.2 Å². The summed E-state index contributed by atoms with van der Waals surface area (Å²) >= 11 is 0. The summed E-state index contributed by atoms with van der Waals surface area (Å²) in [6, 6.07) is 9.15. The van der Waals surface area contributed by atoms with E-state index in [4.69, 9.17) is 35.3 Å². The van der Waals surface area contributed by atoms with Gasteiger partial charge in [-0.2, -0.15) is 9.97 Å². The zero-order chi connectivity index (χ0) is 32.0. The Bertz CT molecular complexity index is 1430. The first-order chi connectivity index (χ1) is 19.7. The molecule has 0 saturated carbocycles. The van der Waals surface area contributed by atoms with Crippen LogP contribution in [-0.2, 0) is 4.79 Å². The van der Waals surface area contributed by atoms with Crippen molar-refractivity contribution >= 4 is 29.3 Å². The number of nitrogens with two attached hydrogens (primary N) is 1. The van der Waals surface area contributed by atoms with E-state index in [0.717, 1.165) is 12.1 Å². The molecule has 0 saturated heterocycles. The summed E-state index contributed by atoms with van der Waals surface area (Å²) in [6.07, 6.45) is 0.495. The molecule has 0 aliphatic rings. The van der Waals surface area contributed by atoms with Crippen LogP contribution in [0.1, 0.15) is 34.1 Å². The number of hydrogen-bond acceptors (Lipinski definition) is 13. The third kappa shape index (κ3) is 10.7. The molecule has 0 aliphatic heterocycles. The van der Waals surface area contributed by atoms with Gasteiger partial charge in [0.2, 0.25) is 11.8 Å². The van der Waals surface area contributed by atoms with E-state index in [1.54, 1.807) is 19.1 Å². The van der Waals surface area contributed by atoms with Gasteiger partial charge in [0.05, 0.1) is 35.7 Å². The number of non-ortho nitro benzene ring substituents is 1.